The SMILES string of the molecule is CN(CCc1cccc(N)c1)Cc1ccccc1. The van der Waals surface area contributed by atoms with E-state index in [4.69, 9.17) is 5.73 Å². The predicted octanol–water partition coefficient (Wildman–Crippen LogP) is 2.94. The van der Waals surface area contributed by atoms with Crippen LogP contribution in [-0.2, 0) is 13.0 Å². The molecule has 0 saturated carbocycles. The van der Waals surface area contributed by atoms with Crippen molar-refractivity contribution in [2.75, 3.05) is 19.3 Å². The van der Waals surface area contributed by atoms with Crippen LogP contribution in [0.15, 0.2) is 54.6 Å². The molecule has 0 aromatic heterocycles. The number of anilines is 1. The van der Waals surface area contributed by atoms with Gasteiger partial charge in [-0.1, -0.05) is 42.5 Å². The van der Waals surface area contributed by atoms with Crippen molar-refractivity contribution in [1.82, 2.24) is 4.90 Å². The number of hydrogen-bond acceptors (Lipinski definition) is 2. The molecule has 2 heteroatoms. The van der Waals surface area contributed by atoms with Gasteiger partial charge in [-0.15, -0.1) is 0 Å². The fourth-order valence-corrected chi connectivity index (χ4v) is 2.04. The number of nitrogens with two attached hydrogens (primary N) is 1. The molecular formula is C16H20N2. The molecule has 0 unspecified atom stereocenters. The van der Waals surface area contributed by atoms with Gasteiger partial charge in [0.25, 0.3) is 0 Å². The first-order valence-corrected chi connectivity index (χ1v) is 6.31. The molecule has 0 fully saturated rings. The summed E-state index contributed by atoms with van der Waals surface area (Å²) < 4.78 is 0. The number of nitrogen functional groups attached to an aromatic ring is 1. The Morgan fingerprint density at radius 1 is 0.944 bits per heavy atom. The van der Waals surface area contributed by atoms with E-state index in [9.17, 15) is 0 Å². The van der Waals surface area contributed by atoms with Gasteiger partial charge in [-0.2, -0.15) is 0 Å². The van der Waals surface area contributed by atoms with Gasteiger partial charge in [0.15, 0.2) is 0 Å². The summed E-state index contributed by atoms with van der Waals surface area (Å²) in [5.74, 6) is 0. The number of rotatable bonds is 5. The minimum Gasteiger partial charge on any atom is -0.399 e. The van der Waals surface area contributed by atoms with Crippen molar-refractivity contribution < 1.29 is 0 Å². The highest BCUT2D eigenvalue weighted by atomic mass is 15.1. The van der Waals surface area contributed by atoms with Gasteiger partial charge in [-0.25, -0.2) is 0 Å². The van der Waals surface area contributed by atoms with Crippen molar-refractivity contribution >= 4 is 5.69 Å². The summed E-state index contributed by atoms with van der Waals surface area (Å²) in [5.41, 5.74) is 9.28. The smallest absolute Gasteiger partial charge is 0.0316 e. The molecule has 18 heavy (non-hydrogen) atoms. The Morgan fingerprint density at radius 2 is 1.67 bits per heavy atom. The highest BCUT2D eigenvalue weighted by Crippen LogP contribution is 2.08. The van der Waals surface area contributed by atoms with Gasteiger partial charge < -0.3 is 10.6 Å². The molecule has 0 spiro atoms. The minimum atomic E-state index is 0.846. The maximum atomic E-state index is 5.77. The van der Waals surface area contributed by atoms with Crippen LogP contribution in [0.3, 0.4) is 0 Å². The summed E-state index contributed by atoms with van der Waals surface area (Å²) in [6.45, 7) is 2.03. The van der Waals surface area contributed by atoms with Crippen LogP contribution in [-0.4, -0.2) is 18.5 Å². The van der Waals surface area contributed by atoms with E-state index in [-0.39, 0.29) is 0 Å². The molecule has 0 atom stereocenters. The van der Waals surface area contributed by atoms with Gasteiger partial charge in [-0.05, 0) is 36.7 Å². The van der Waals surface area contributed by atoms with Crippen molar-refractivity contribution in [3.05, 3.63) is 65.7 Å². The molecule has 0 aliphatic rings. The van der Waals surface area contributed by atoms with Crippen LogP contribution < -0.4 is 5.73 Å². The molecule has 0 aliphatic carbocycles. The molecular weight excluding hydrogens is 220 g/mol. The quantitative estimate of drug-likeness (QED) is 0.814. The Morgan fingerprint density at radius 3 is 2.39 bits per heavy atom. The summed E-state index contributed by atoms with van der Waals surface area (Å²) in [7, 11) is 2.15. The van der Waals surface area contributed by atoms with Crippen LogP contribution in [0.5, 0.6) is 0 Å². The molecule has 0 radical (unpaired) electrons. The summed E-state index contributed by atoms with van der Waals surface area (Å²) in [5, 5.41) is 0. The van der Waals surface area contributed by atoms with Crippen molar-refractivity contribution in [3.8, 4) is 0 Å². The lowest BCUT2D eigenvalue weighted by molar-refractivity contribution is 0.331. The normalized spacial score (nSPS) is 10.8. The second-order valence-corrected chi connectivity index (χ2v) is 4.72. The van der Waals surface area contributed by atoms with E-state index in [1.807, 2.05) is 12.1 Å². The predicted molar refractivity (Wildman–Crippen MR) is 77.3 cm³/mol. The maximum absolute atomic E-state index is 5.77. The first kappa shape index (κ1) is 12.7. The van der Waals surface area contributed by atoms with Crippen molar-refractivity contribution in [1.29, 1.82) is 0 Å². The molecule has 2 nitrogen and oxygen atoms in total. The average molecular weight is 240 g/mol. The maximum Gasteiger partial charge on any atom is 0.0316 e. The molecule has 0 bridgehead atoms. The van der Waals surface area contributed by atoms with E-state index in [1.165, 1.54) is 11.1 Å². The van der Waals surface area contributed by atoms with Crippen LogP contribution in [0.2, 0.25) is 0 Å². The molecule has 2 aromatic carbocycles. The van der Waals surface area contributed by atoms with E-state index in [1.54, 1.807) is 0 Å². The van der Waals surface area contributed by atoms with Gasteiger partial charge in [0, 0.05) is 18.8 Å². The molecule has 0 amide bonds. The van der Waals surface area contributed by atoms with Crippen LogP contribution in [0.1, 0.15) is 11.1 Å². The molecule has 94 valence electrons. The standard InChI is InChI=1S/C16H20N2/c1-18(13-15-6-3-2-4-7-15)11-10-14-8-5-9-16(17)12-14/h2-9,12H,10-11,13,17H2,1H3. The van der Waals surface area contributed by atoms with Crippen LogP contribution in [0.25, 0.3) is 0 Å². The summed E-state index contributed by atoms with van der Waals surface area (Å²) >= 11 is 0. The zero-order valence-electron chi connectivity index (χ0n) is 10.8. The van der Waals surface area contributed by atoms with Crippen LogP contribution >= 0.6 is 0 Å². The third kappa shape index (κ3) is 3.90. The van der Waals surface area contributed by atoms with E-state index in [2.05, 4.69) is 54.4 Å². The zero-order chi connectivity index (χ0) is 12.8. The third-order valence-corrected chi connectivity index (χ3v) is 3.03. The number of nitrogens with zero attached hydrogens (tertiary/aromatic N) is 1. The Bertz CT molecular complexity index is 479. The van der Waals surface area contributed by atoms with E-state index < -0.39 is 0 Å². The van der Waals surface area contributed by atoms with Gasteiger partial charge in [0.1, 0.15) is 0 Å². The highest BCUT2D eigenvalue weighted by molar-refractivity contribution is 5.40. The van der Waals surface area contributed by atoms with Crippen LogP contribution in [0, 0.1) is 0 Å². The monoisotopic (exact) mass is 240 g/mol. The van der Waals surface area contributed by atoms with Crippen molar-refractivity contribution in [3.63, 3.8) is 0 Å². The molecule has 0 aliphatic heterocycles. The summed E-state index contributed by atoms with van der Waals surface area (Å²) in [6, 6.07) is 18.7. The van der Waals surface area contributed by atoms with E-state index in [0.717, 1.165) is 25.2 Å². The second-order valence-electron chi connectivity index (χ2n) is 4.72. The number of hydrogen-bond donors (Lipinski definition) is 1. The summed E-state index contributed by atoms with van der Waals surface area (Å²) in [4.78, 5) is 2.33. The lowest BCUT2D eigenvalue weighted by atomic mass is 10.1. The van der Waals surface area contributed by atoms with Crippen molar-refractivity contribution in [2.24, 2.45) is 0 Å². The van der Waals surface area contributed by atoms with Gasteiger partial charge in [0.05, 0.1) is 0 Å². The van der Waals surface area contributed by atoms with Crippen LogP contribution in [0.4, 0.5) is 5.69 Å². The molecule has 0 heterocycles. The molecule has 2 N–H and O–H groups in total. The molecule has 2 aromatic rings. The number of benzene rings is 2. The van der Waals surface area contributed by atoms with E-state index in [0.29, 0.717) is 0 Å². The first-order chi connectivity index (χ1) is 8.74. The topological polar surface area (TPSA) is 29.3 Å². The largest absolute Gasteiger partial charge is 0.399 e. The lowest BCUT2D eigenvalue weighted by Gasteiger charge is -2.16. The van der Waals surface area contributed by atoms with Gasteiger partial charge in [0.2, 0.25) is 0 Å². The van der Waals surface area contributed by atoms with Crippen molar-refractivity contribution in [2.45, 2.75) is 13.0 Å². The second kappa shape index (κ2) is 6.22. The molecule has 2 rings (SSSR count). The lowest BCUT2D eigenvalue weighted by Crippen LogP contribution is -2.20. The Labute approximate surface area is 109 Å². The third-order valence-electron chi connectivity index (χ3n) is 3.03. The number of likely N-dealkylation sites (N-methyl/N-ethyl adjacent to an activating group) is 1. The average Bonchev–Trinajstić information content (AvgIpc) is 2.38. The Hall–Kier alpha value is -1.80. The fraction of sp³-hybridized carbons (Fsp3) is 0.250. The zero-order valence-corrected chi connectivity index (χ0v) is 10.8. The molecule has 0 saturated heterocycles. The highest BCUT2D eigenvalue weighted by Gasteiger charge is 2.01. The van der Waals surface area contributed by atoms with Gasteiger partial charge in [-0.3, -0.25) is 0 Å². The first-order valence-electron chi connectivity index (χ1n) is 6.31. The Balaban J connectivity index is 1.83. The fourth-order valence-electron chi connectivity index (χ4n) is 2.04. The minimum absolute atomic E-state index is 0.846. The van der Waals surface area contributed by atoms with E-state index >= 15 is 0 Å². The summed E-state index contributed by atoms with van der Waals surface area (Å²) in [6.07, 6.45) is 1.04. The Kier molecular flexibility index (Phi) is 4.37. The van der Waals surface area contributed by atoms with Gasteiger partial charge >= 0.3 is 0 Å².